The molecule has 3 aromatic rings. The van der Waals surface area contributed by atoms with Crippen LogP contribution in [0.4, 0.5) is 0 Å². The molecule has 0 aliphatic rings. The van der Waals surface area contributed by atoms with Gasteiger partial charge in [-0.1, -0.05) is 13.0 Å². The van der Waals surface area contributed by atoms with Crippen molar-refractivity contribution in [1.82, 2.24) is 19.7 Å². The molecule has 0 fully saturated rings. The summed E-state index contributed by atoms with van der Waals surface area (Å²) in [6.45, 7) is 2.04. The molecule has 0 spiro atoms. The van der Waals surface area contributed by atoms with Gasteiger partial charge >= 0.3 is 5.97 Å². The fraction of sp³-hybridized carbons (Fsp3) is 0.214. The van der Waals surface area contributed by atoms with Crippen LogP contribution in [0.5, 0.6) is 0 Å². The molecule has 0 bridgehead atoms. The molecule has 3 rings (SSSR count). The highest BCUT2D eigenvalue weighted by Gasteiger charge is 2.15. The number of fused-ring (bicyclic) bond motifs is 1. The van der Waals surface area contributed by atoms with E-state index >= 15 is 0 Å². The molecule has 0 unspecified atom stereocenters. The van der Waals surface area contributed by atoms with Gasteiger partial charge in [0.1, 0.15) is 11.2 Å². The molecule has 0 atom stereocenters. The number of hydrogen-bond acceptors (Lipinski definition) is 3. The van der Waals surface area contributed by atoms with Crippen LogP contribution in [0.25, 0.3) is 22.6 Å². The molecule has 0 aliphatic carbocycles. The Labute approximate surface area is 115 Å². The summed E-state index contributed by atoms with van der Waals surface area (Å²) in [4.78, 5) is 18.8. The van der Waals surface area contributed by atoms with Crippen molar-refractivity contribution in [2.75, 3.05) is 0 Å². The molecule has 0 saturated heterocycles. The van der Waals surface area contributed by atoms with E-state index in [1.165, 1.54) is 0 Å². The van der Waals surface area contributed by atoms with E-state index in [1.807, 2.05) is 26.1 Å². The van der Waals surface area contributed by atoms with Gasteiger partial charge in [-0.3, -0.25) is 4.68 Å². The Balaban J connectivity index is 2.20. The van der Waals surface area contributed by atoms with Crippen molar-refractivity contribution in [3.05, 3.63) is 35.5 Å². The number of carboxylic acid groups (broad SMARTS) is 1. The molecule has 6 nitrogen and oxygen atoms in total. The molecule has 0 radical (unpaired) electrons. The van der Waals surface area contributed by atoms with Gasteiger partial charge in [-0.25, -0.2) is 9.78 Å². The molecule has 20 heavy (non-hydrogen) atoms. The lowest BCUT2D eigenvalue weighted by molar-refractivity contribution is 0.0699. The first-order valence-electron chi connectivity index (χ1n) is 6.35. The average molecular weight is 270 g/mol. The van der Waals surface area contributed by atoms with Gasteiger partial charge in [0.15, 0.2) is 5.82 Å². The van der Waals surface area contributed by atoms with Crippen molar-refractivity contribution in [3.63, 3.8) is 0 Å². The van der Waals surface area contributed by atoms with Gasteiger partial charge in [0.25, 0.3) is 0 Å². The van der Waals surface area contributed by atoms with Crippen molar-refractivity contribution in [3.8, 4) is 11.5 Å². The number of nitrogens with one attached hydrogen (secondary N) is 1. The van der Waals surface area contributed by atoms with Crippen molar-refractivity contribution in [2.45, 2.75) is 13.3 Å². The summed E-state index contributed by atoms with van der Waals surface area (Å²) >= 11 is 0. The lowest BCUT2D eigenvalue weighted by Gasteiger charge is -1.95. The van der Waals surface area contributed by atoms with Crippen LogP contribution >= 0.6 is 0 Å². The first-order chi connectivity index (χ1) is 9.60. The molecule has 0 amide bonds. The Bertz CT molecular complexity index is 801. The zero-order chi connectivity index (χ0) is 14.3. The van der Waals surface area contributed by atoms with Gasteiger partial charge in [0, 0.05) is 7.05 Å². The third-order valence-electron chi connectivity index (χ3n) is 3.28. The quantitative estimate of drug-likeness (QED) is 0.764. The van der Waals surface area contributed by atoms with Crippen LogP contribution < -0.4 is 0 Å². The Morgan fingerprint density at radius 2 is 2.25 bits per heavy atom. The molecule has 0 aliphatic heterocycles. The Morgan fingerprint density at radius 1 is 1.45 bits per heavy atom. The highest BCUT2D eigenvalue weighted by Crippen LogP contribution is 2.23. The van der Waals surface area contributed by atoms with Gasteiger partial charge in [0.05, 0.1) is 16.8 Å². The van der Waals surface area contributed by atoms with Crippen LogP contribution in [-0.2, 0) is 13.5 Å². The number of aromatic amines is 1. The summed E-state index contributed by atoms with van der Waals surface area (Å²) in [6, 6.07) is 7.03. The number of hydrogen-bond donors (Lipinski definition) is 2. The van der Waals surface area contributed by atoms with Gasteiger partial charge in [0.2, 0.25) is 0 Å². The molecule has 6 heteroatoms. The molecule has 0 saturated carbocycles. The minimum atomic E-state index is -0.979. The van der Waals surface area contributed by atoms with E-state index < -0.39 is 5.97 Å². The van der Waals surface area contributed by atoms with E-state index in [4.69, 9.17) is 0 Å². The largest absolute Gasteiger partial charge is 0.478 e. The maximum atomic E-state index is 11.2. The van der Waals surface area contributed by atoms with Crippen molar-refractivity contribution >= 4 is 17.0 Å². The fourth-order valence-electron chi connectivity index (χ4n) is 2.25. The molecule has 102 valence electrons. The van der Waals surface area contributed by atoms with Gasteiger partial charge in [-0.15, -0.1) is 0 Å². The van der Waals surface area contributed by atoms with E-state index in [1.54, 1.807) is 16.8 Å². The van der Waals surface area contributed by atoms with E-state index in [2.05, 4.69) is 15.1 Å². The SMILES string of the molecule is CCc1cc(-c2nc3c(C(=O)O)cccc3[nH]2)n(C)n1. The van der Waals surface area contributed by atoms with Crippen LogP contribution in [-0.4, -0.2) is 30.8 Å². The minimum Gasteiger partial charge on any atom is -0.478 e. The maximum absolute atomic E-state index is 11.2. The van der Waals surface area contributed by atoms with Gasteiger partial charge < -0.3 is 10.1 Å². The molecular formula is C14H14N4O2. The summed E-state index contributed by atoms with van der Waals surface area (Å²) in [5.74, 6) is -0.351. The second kappa shape index (κ2) is 4.48. The standard InChI is InChI=1S/C14H14N4O2/c1-3-8-7-11(18(2)17-8)13-15-10-6-4-5-9(14(19)20)12(10)16-13/h4-7H,3H2,1-2H3,(H,15,16)(H,19,20). The minimum absolute atomic E-state index is 0.197. The number of aromatic nitrogens is 4. The Hall–Kier alpha value is -2.63. The highest BCUT2D eigenvalue weighted by atomic mass is 16.4. The smallest absolute Gasteiger partial charge is 0.337 e. The molecule has 1 aromatic carbocycles. The van der Waals surface area contributed by atoms with E-state index in [0.29, 0.717) is 16.9 Å². The number of benzene rings is 1. The number of nitrogens with zero attached hydrogens (tertiary/aromatic N) is 3. The monoisotopic (exact) mass is 270 g/mol. The van der Waals surface area contributed by atoms with Gasteiger partial charge in [-0.2, -0.15) is 5.10 Å². The lowest BCUT2D eigenvalue weighted by Crippen LogP contribution is -1.97. The molecule has 2 heterocycles. The summed E-state index contributed by atoms with van der Waals surface area (Å²) in [7, 11) is 1.85. The first kappa shape index (κ1) is 12.4. The first-order valence-corrected chi connectivity index (χ1v) is 6.35. The Morgan fingerprint density at radius 3 is 2.90 bits per heavy atom. The number of rotatable bonds is 3. The third kappa shape index (κ3) is 1.85. The van der Waals surface area contributed by atoms with Crippen LogP contribution in [0.2, 0.25) is 0 Å². The van der Waals surface area contributed by atoms with Crippen LogP contribution in [0, 0.1) is 0 Å². The van der Waals surface area contributed by atoms with Crippen LogP contribution in [0.3, 0.4) is 0 Å². The van der Waals surface area contributed by atoms with Crippen molar-refractivity contribution in [2.24, 2.45) is 7.05 Å². The predicted molar refractivity (Wildman–Crippen MR) is 74.6 cm³/mol. The summed E-state index contributed by atoms with van der Waals surface area (Å²) in [5.41, 5.74) is 3.19. The number of carboxylic acids is 1. The van der Waals surface area contributed by atoms with Gasteiger partial charge in [-0.05, 0) is 24.6 Å². The number of imidazole rings is 1. The number of aryl methyl sites for hydroxylation is 2. The summed E-state index contributed by atoms with van der Waals surface area (Å²) < 4.78 is 1.75. The normalized spacial score (nSPS) is 11.1. The third-order valence-corrected chi connectivity index (χ3v) is 3.28. The maximum Gasteiger partial charge on any atom is 0.337 e. The van der Waals surface area contributed by atoms with E-state index in [-0.39, 0.29) is 5.56 Å². The lowest BCUT2D eigenvalue weighted by atomic mass is 10.2. The molecule has 2 N–H and O–H groups in total. The Kier molecular flexibility index (Phi) is 2.78. The van der Waals surface area contributed by atoms with Crippen molar-refractivity contribution < 1.29 is 9.90 Å². The van der Waals surface area contributed by atoms with E-state index in [9.17, 15) is 9.90 Å². The number of para-hydroxylation sites is 1. The summed E-state index contributed by atoms with van der Waals surface area (Å²) in [6.07, 6.45) is 0.842. The zero-order valence-electron chi connectivity index (χ0n) is 11.2. The second-order valence-corrected chi connectivity index (χ2v) is 4.59. The number of H-pyrrole nitrogens is 1. The fourth-order valence-corrected chi connectivity index (χ4v) is 2.25. The number of carbonyl (C=O) groups is 1. The molecular weight excluding hydrogens is 256 g/mol. The van der Waals surface area contributed by atoms with E-state index in [0.717, 1.165) is 17.8 Å². The average Bonchev–Trinajstić information content (AvgIpc) is 3.00. The second-order valence-electron chi connectivity index (χ2n) is 4.59. The van der Waals surface area contributed by atoms with Crippen molar-refractivity contribution in [1.29, 1.82) is 0 Å². The summed E-state index contributed by atoms with van der Waals surface area (Å²) in [5, 5.41) is 13.6. The topological polar surface area (TPSA) is 83.8 Å². The van der Waals surface area contributed by atoms with Crippen LogP contribution in [0.1, 0.15) is 23.0 Å². The van der Waals surface area contributed by atoms with Crippen LogP contribution in [0.15, 0.2) is 24.3 Å². The highest BCUT2D eigenvalue weighted by molar-refractivity contribution is 6.01. The predicted octanol–water partition coefficient (Wildman–Crippen LogP) is 2.22. The number of aromatic carboxylic acids is 1. The molecule has 2 aromatic heterocycles. The zero-order valence-corrected chi connectivity index (χ0v) is 11.2.